The van der Waals surface area contributed by atoms with E-state index in [0.29, 0.717) is 13.0 Å². The Bertz CT molecular complexity index is 665. The zero-order valence-electron chi connectivity index (χ0n) is 14.5. The van der Waals surface area contributed by atoms with Crippen molar-refractivity contribution in [2.45, 2.75) is 25.0 Å². The van der Waals surface area contributed by atoms with Crippen molar-refractivity contribution in [1.29, 1.82) is 0 Å². The lowest BCUT2D eigenvalue weighted by Gasteiger charge is -2.45. The van der Waals surface area contributed by atoms with Gasteiger partial charge < -0.3 is 20.1 Å². The molecule has 1 fully saturated rings. The number of hydrogen-bond donors (Lipinski definition) is 2. The molecule has 25 heavy (non-hydrogen) atoms. The first-order valence-electron chi connectivity index (χ1n) is 8.68. The van der Waals surface area contributed by atoms with Crippen molar-refractivity contribution >= 4 is 17.3 Å². The van der Waals surface area contributed by atoms with Gasteiger partial charge in [-0.2, -0.15) is 0 Å². The molecular formula is C20H25ClN2O2. The van der Waals surface area contributed by atoms with E-state index in [1.165, 1.54) is 0 Å². The first-order valence-corrected chi connectivity index (χ1v) is 9.06. The zero-order valence-corrected chi connectivity index (χ0v) is 15.2. The maximum atomic E-state index is 10.7. The average molecular weight is 361 g/mol. The van der Waals surface area contributed by atoms with E-state index in [2.05, 4.69) is 17.1 Å². The van der Waals surface area contributed by atoms with Crippen molar-refractivity contribution in [3.63, 3.8) is 0 Å². The van der Waals surface area contributed by atoms with Crippen LogP contribution in [-0.2, 0) is 0 Å². The van der Waals surface area contributed by atoms with Crippen LogP contribution in [-0.4, -0.2) is 43.0 Å². The van der Waals surface area contributed by atoms with Crippen LogP contribution in [0.15, 0.2) is 54.6 Å². The fourth-order valence-electron chi connectivity index (χ4n) is 3.23. The van der Waals surface area contributed by atoms with Gasteiger partial charge in [-0.05, 0) is 43.3 Å². The van der Waals surface area contributed by atoms with Gasteiger partial charge in [0.1, 0.15) is 5.75 Å². The highest BCUT2D eigenvalue weighted by Gasteiger charge is 2.37. The van der Waals surface area contributed by atoms with Gasteiger partial charge in [-0.1, -0.05) is 29.8 Å². The maximum absolute atomic E-state index is 10.7. The van der Waals surface area contributed by atoms with Crippen LogP contribution in [0.1, 0.15) is 13.3 Å². The Hall–Kier alpha value is -1.75. The number of aliphatic hydroxyl groups is 1. The van der Waals surface area contributed by atoms with Gasteiger partial charge in [0.15, 0.2) is 0 Å². The first-order chi connectivity index (χ1) is 12.1. The molecule has 0 spiro atoms. The van der Waals surface area contributed by atoms with Crippen molar-refractivity contribution in [3.05, 3.63) is 59.6 Å². The Morgan fingerprint density at radius 3 is 2.64 bits per heavy atom. The molecule has 5 heteroatoms. The van der Waals surface area contributed by atoms with Crippen LogP contribution in [0.5, 0.6) is 5.75 Å². The Morgan fingerprint density at radius 1 is 1.20 bits per heavy atom. The van der Waals surface area contributed by atoms with E-state index in [0.717, 1.165) is 36.1 Å². The highest BCUT2D eigenvalue weighted by Crippen LogP contribution is 2.25. The lowest BCUT2D eigenvalue weighted by atomic mass is 9.89. The van der Waals surface area contributed by atoms with Crippen LogP contribution in [0.25, 0.3) is 0 Å². The minimum Gasteiger partial charge on any atom is -0.493 e. The molecule has 2 unspecified atom stereocenters. The molecule has 2 N–H and O–H groups in total. The summed E-state index contributed by atoms with van der Waals surface area (Å²) in [5.41, 5.74) is 0.752. The molecule has 0 amide bonds. The number of anilines is 1. The second-order valence-corrected chi connectivity index (χ2v) is 7.14. The lowest BCUT2D eigenvalue weighted by molar-refractivity contribution is 0.0480. The van der Waals surface area contributed by atoms with Crippen molar-refractivity contribution in [1.82, 2.24) is 5.32 Å². The molecule has 1 aliphatic rings. The summed E-state index contributed by atoms with van der Waals surface area (Å²) < 4.78 is 5.72. The number of nitrogens with zero attached hydrogens (tertiary/aromatic N) is 1. The van der Waals surface area contributed by atoms with Gasteiger partial charge in [0.05, 0.1) is 18.2 Å². The van der Waals surface area contributed by atoms with Crippen molar-refractivity contribution < 1.29 is 9.84 Å². The van der Waals surface area contributed by atoms with E-state index in [1.54, 1.807) is 0 Å². The highest BCUT2D eigenvalue weighted by atomic mass is 35.5. The van der Waals surface area contributed by atoms with Crippen molar-refractivity contribution in [3.8, 4) is 5.75 Å². The number of aliphatic hydroxyl groups excluding tert-OH is 1. The number of rotatable bonds is 6. The predicted octanol–water partition coefficient (Wildman–Crippen LogP) is 3.34. The van der Waals surface area contributed by atoms with Crippen LogP contribution < -0.4 is 15.0 Å². The maximum Gasteiger partial charge on any atom is 0.119 e. The van der Waals surface area contributed by atoms with Crippen molar-refractivity contribution in [2.75, 3.05) is 31.1 Å². The third kappa shape index (κ3) is 4.66. The first kappa shape index (κ1) is 18.1. The molecule has 4 nitrogen and oxygen atoms in total. The smallest absolute Gasteiger partial charge is 0.119 e. The monoisotopic (exact) mass is 360 g/mol. The van der Waals surface area contributed by atoms with Crippen LogP contribution >= 0.6 is 11.6 Å². The van der Waals surface area contributed by atoms with Crippen LogP contribution in [0.4, 0.5) is 5.69 Å². The molecular weight excluding hydrogens is 336 g/mol. The van der Waals surface area contributed by atoms with Crippen LogP contribution in [0.2, 0.25) is 5.02 Å². The molecule has 2 aromatic rings. The molecule has 0 radical (unpaired) electrons. The van der Waals surface area contributed by atoms with E-state index in [9.17, 15) is 5.11 Å². The predicted molar refractivity (Wildman–Crippen MR) is 103 cm³/mol. The fourth-order valence-corrected chi connectivity index (χ4v) is 3.35. The standard InChI is InChI=1S/C20H25ClN2O2/c1-20(19(24)11-14-25-18-5-3-2-4-6-18)15-23(13-12-22-20)17-9-7-16(21)8-10-17/h2-10,19,22,24H,11-15H2,1H3. The number of nitrogens with one attached hydrogen (secondary N) is 1. The Morgan fingerprint density at radius 2 is 1.92 bits per heavy atom. The van der Waals surface area contributed by atoms with Gasteiger partial charge in [-0.15, -0.1) is 0 Å². The molecule has 1 aliphatic heterocycles. The second kappa shape index (κ2) is 8.09. The Labute approximate surface area is 154 Å². The third-order valence-corrected chi connectivity index (χ3v) is 5.01. The van der Waals surface area contributed by atoms with Crippen LogP contribution in [0, 0.1) is 0 Å². The fraction of sp³-hybridized carbons (Fsp3) is 0.400. The van der Waals surface area contributed by atoms with E-state index in [-0.39, 0.29) is 5.54 Å². The molecule has 134 valence electrons. The summed E-state index contributed by atoms with van der Waals surface area (Å²) in [6.07, 6.45) is 0.0821. The second-order valence-electron chi connectivity index (χ2n) is 6.71. The molecule has 0 aliphatic carbocycles. The van der Waals surface area contributed by atoms with Gasteiger partial charge in [0, 0.05) is 36.8 Å². The molecule has 2 aromatic carbocycles. The quantitative estimate of drug-likeness (QED) is 0.829. The number of piperazine rings is 1. The Kier molecular flexibility index (Phi) is 5.84. The molecule has 2 atom stereocenters. The normalized spacial score (nSPS) is 21.8. The summed E-state index contributed by atoms with van der Waals surface area (Å²) >= 11 is 5.98. The third-order valence-electron chi connectivity index (χ3n) is 4.76. The van der Waals surface area contributed by atoms with E-state index < -0.39 is 6.10 Å². The van der Waals surface area contributed by atoms with Gasteiger partial charge >= 0.3 is 0 Å². The van der Waals surface area contributed by atoms with E-state index in [4.69, 9.17) is 16.3 Å². The van der Waals surface area contributed by atoms with Gasteiger partial charge in [0.2, 0.25) is 0 Å². The van der Waals surface area contributed by atoms with Crippen LogP contribution in [0.3, 0.4) is 0 Å². The largest absolute Gasteiger partial charge is 0.493 e. The summed E-state index contributed by atoms with van der Waals surface area (Å²) in [7, 11) is 0. The number of halogens is 1. The molecule has 0 bridgehead atoms. The highest BCUT2D eigenvalue weighted by molar-refractivity contribution is 6.30. The van der Waals surface area contributed by atoms with E-state index in [1.807, 2.05) is 54.6 Å². The minimum absolute atomic E-state index is 0.377. The molecule has 1 heterocycles. The number of benzene rings is 2. The molecule has 0 aromatic heterocycles. The van der Waals surface area contributed by atoms with Crippen molar-refractivity contribution in [2.24, 2.45) is 0 Å². The summed E-state index contributed by atoms with van der Waals surface area (Å²) in [6, 6.07) is 17.6. The number of para-hydroxylation sites is 1. The topological polar surface area (TPSA) is 44.7 Å². The molecule has 0 saturated carbocycles. The zero-order chi connectivity index (χ0) is 17.7. The molecule has 3 rings (SSSR count). The average Bonchev–Trinajstić information content (AvgIpc) is 2.63. The molecule has 1 saturated heterocycles. The van der Waals surface area contributed by atoms with E-state index >= 15 is 0 Å². The lowest BCUT2D eigenvalue weighted by Crippen LogP contribution is -2.64. The number of ether oxygens (including phenoxy) is 1. The number of hydrogen-bond acceptors (Lipinski definition) is 4. The van der Waals surface area contributed by atoms with Gasteiger partial charge in [-0.3, -0.25) is 0 Å². The Balaban J connectivity index is 1.56. The van der Waals surface area contributed by atoms with Gasteiger partial charge in [-0.25, -0.2) is 0 Å². The SMILES string of the molecule is CC1(C(O)CCOc2ccccc2)CN(c2ccc(Cl)cc2)CCN1. The summed E-state index contributed by atoms with van der Waals surface area (Å²) in [6.45, 7) is 5.03. The minimum atomic E-state index is -0.494. The van der Waals surface area contributed by atoms with Gasteiger partial charge in [0.25, 0.3) is 0 Å². The summed E-state index contributed by atoms with van der Waals surface area (Å²) in [5, 5.41) is 14.9. The summed E-state index contributed by atoms with van der Waals surface area (Å²) in [5.74, 6) is 0.833. The summed E-state index contributed by atoms with van der Waals surface area (Å²) in [4.78, 5) is 2.29.